The maximum Gasteiger partial charge on any atom is 0.309 e. The Hall–Kier alpha value is -2.95. The molecule has 5 heteroatoms. The summed E-state index contributed by atoms with van der Waals surface area (Å²) in [7, 11) is 1.34. The molecule has 1 N–H and O–H groups in total. The highest BCUT2D eigenvalue weighted by molar-refractivity contribution is 5.92. The predicted molar refractivity (Wildman–Crippen MR) is 131 cm³/mol. The molecule has 4 atom stereocenters. The molecule has 2 aromatic rings. The number of ketones is 1. The predicted octanol–water partition coefficient (Wildman–Crippen LogP) is 4.95. The summed E-state index contributed by atoms with van der Waals surface area (Å²) >= 11 is 0. The molecule has 2 rings (SSSR count). The number of amides is 1. The van der Waals surface area contributed by atoms with Crippen LogP contribution in [0, 0.1) is 17.8 Å². The molecular formula is C28H37NO4. The van der Waals surface area contributed by atoms with E-state index in [1.54, 1.807) is 0 Å². The quantitative estimate of drug-likeness (QED) is 0.464. The third-order valence-corrected chi connectivity index (χ3v) is 6.21. The Morgan fingerprint density at radius 1 is 0.879 bits per heavy atom. The van der Waals surface area contributed by atoms with Crippen molar-refractivity contribution in [2.45, 2.75) is 58.9 Å². The monoisotopic (exact) mass is 451 g/mol. The second-order valence-electron chi connectivity index (χ2n) is 9.26. The number of ether oxygens (including phenoxy) is 1. The van der Waals surface area contributed by atoms with Gasteiger partial charge < -0.3 is 10.1 Å². The van der Waals surface area contributed by atoms with Crippen LogP contribution in [0.1, 0.15) is 57.6 Å². The first-order valence-electron chi connectivity index (χ1n) is 11.7. The van der Waals surface area contributed by atoms with Crippen LogP contribution < -0.4 is 5.32 Å². The van der Waals surface area contributed by atoms with Crippen molar-refractivity contribution < 1.29 is 19.1 Å². The van der Waals surface area contributed by atoms with Crippen LogP contribution in [0.15, 0.2) is 60.7 Å². The summed E-state index contributed by atoms with van der Waals surface area (Å²) in [5, 5.41) is 2.99. The van der Waals surface area contributed by atoms with E-state index in [0.29, 0.717) is 12.8 Å². The van der Waals surface area contributed by atoms with E-state index in [1.807, 2.05) is 88.4 Å². The molecule has 0 spiro atoms. The lowest BCUT2D eigenvalue weighted by atomic mass is 9.87. The fourth-order valence-corrected chi connectivity index (χ4v) is 4.05. The molecule has 0 bridgehead atoms. The molecule has 0 aliphatic rings. The first-order chi connectivity index (χ1) is 15.7. The zero-order valence-corrected chi connectivity index (χ0v) is 20.4. The number of carbonyl (C=O) groups is 3. The van der Waals surface area contributed by atoms with E-state index in [9.17, 15) is 14.4 Å². The summed E-state index contributed by atoms with van der Waals surface area (Å²) in [5.41, 5.74) is 2.03. The van der Waals surface area contributed by atoms with E-state index in [-0.39, 0.29) is 41.8 Å². The second-order valence-corrected chi connectivity index (χ2v) is 9.26. The molecule has 0 aromatic heterocycles. The zero-order valence-electron chi connectivity index (χ0n) is 20.4. The molecule has 2 aromatic carbocycles. The lowest BCUT2D eigenvalue weighted by molar-refractivity contribution is -0.148. The van der Waals surface area contributed by atoms with E-state index in [4.69, 9.17) is 4.74 Å². The van der Waals surface area contributed by atoms with Gasteiger partial charge in [0.1, 0.15) is 0 Å². The van der Waals surface area contributed by atoms with E-state index in [2.05, 4.69) is 5.32 Å². The van der Waals surface area contributed by atoms with Gasteiger partial charge in [0.2, 0.25) is 5.91 Å². The molecule has 0 aliphatic heterocycles. The normalized spacial score (nSPS) is 14.7. The van der Waals surface area contributed by atoms with Crippen LogP contribution in [0.4, 0.5) is 0 Å². The summed E-state index contributed by atoms with van der Waals surface area (Å²) in [4.78, 5) is 38.8. The standard InChI is InChI=1S/C28H37NO4/c1-19(2)16-24(28(32)33-5)18-26(30)25(17-22-12-8-6-9-13-22)29-27(31)21(4)20(3)23-14-10-7-11-15-23/h6-15,19-21,24-25H,16-18H2,1-5H3,(H,29,31)/t20-,21+,24-,25+/m0/s1. The van der Waals surface area contributed by atoms with Gasteiger partial charge in [0.15, 0.2) is 5.78 Å². The first kappa shape index (κ1) is 26.3. The molecule has 0 radical (unpaired) electrons. The van der Waals surface area contributed by atoms with Gasteiger partial charge in [0.25, 0.3) is 0 Å². The topological polar surface area (TPSA) is 72.5 Å². The van der Waals surface area contributed by atoms with Crippen LogP contribution in [0.5, 0.6) is 0 Å². The van der Waals surface area contributed by atoms with Crippen molar-refractivity contribution in [3.63, 3.8) is 0 Å². The average Bonchev–Trinajstić information content (AvgIpc) is 2.82. The molecule has 5 nitrogen and oxygen atoms in total. The molecule has 1 amide bonds. The summed E-state index contributed by atoms with van der Waals surface area (Å²) in [6, 6.07) is 18.8. The molecule has 0 heterocycles. The highest BCUT2D eigenvalue weighted by Crippen LogP contribution is 2.25. The van der Waals surface area contributed by atoms with Crippen molar-refractivity contribution in [2.75, 3.05) is 7.11 Å². The number of hydrogen-bond donors (Lipinski definition) is 1. The Kier molecular flexibility index (Phi) is 10.3. The van der Waals surface area contributed by atoms with Crippen LogP contribution in [0.3, 0.4) is 0 Å². The Balaban J connectivity index is 2.19. The van der Waals surface area contributed by atoms with Gasteiger partial charge in [-0.05, 0) is 35.8 Å². The average molecular weight is 452 g/mol. The number of methoxy groups -OCH3 is 1. The largest absolute Gasteiger partial charge is 0.469 e. The van der Waals surface area contributed by atoms with Gasteiger partial charge in [0, 0.05) is 12.3 Å². The fourth-order valence-electron chi connectivity index (χ4n) is 4.05. The lowest BCUT2D eigenvalue weighted by Crippen LogP contribution is -2.46. The lowest BCUT2D eigenvalue weighted by Gasteiger charge is -2.25. The van der Waals surface area contributed by atoms with E-state index in [0.717, 1.165) is 11.1 Å². The first-order valence-corrected chi connectivity index (χ1v) is 11.7. The summed E-state index contributed by atoms with van der Waals surface area (Å²) in [5.74, 6) is -1.28. The minimum absolute atomic E-state index is 0.00226. The summed E-state index contributed by atoms with van der Waals surface area (Å²) in [6.45, 7) is 7.92. The summed E-state index contributed by atoms with van der Waals surface area (Å²) < 4.78 is 4.93. The number of esters is 1. The molecule has 0 unspecified atom stereocenters. The van der Waals surface area contributed by atoms with Crippen molar-refractivity contribution in [2.24, 2.45) is 17.8 Å². The Morgan fingerprint density at radius 2 is 1.45 bits per heavy atom. The van der Waals surface area contributed by atoms with Crippen LogP contribution in [0.25, 0.3) is 0 Å². The number of hydrogen-bond acceptors (Lipinski definition) is 4. The van der Waals surface area contributed by atoms with Crippen LogP contribution >= 0.6 is 0 Å². The minimum Gasteiger partial charge on any atom is -0.469 e. The maximum absolute atomic E-state index is 13.3. The molecule has 0 saturated heterocycles. The number of benzene rings is 2. The van der Waals surface area contributed by atoms with Gasteiger partial charge in [0.05, 0.1) is 19.1 Å². The van der Waals surface area contributed by atoms with Gasteiger partial charge in [-0.2, -0.15) is 0 Å². The molecule has 0 aliphatic carbocycles. The van der Waals surface area contributed by atoms with E-state index in [1.165, 1.54) is 7.11 Å². The van der Waals surface area contributed by atoms with Crippen LogP contribution in [-0.4, -0.2) is 30.8 Å². The molecule has 178 valence electrons. The number of Topliss-reactive ketones (excluding diaryl/α,β-unsaturated/α-hetero) is 1. The minimum atomic E-state index is -0.704. The number of rotatable bonds is 12. The van der Waals surface area contributed by atoms with Crippen LogP contribution in [0.2, 0.25) is 0 Å². The SMILES string of the molecule is COC(=O)[C@H](CC(=O)[C@@H](Cc1ccccc1)NC(=O)[C@H](C)[C@H](C)c1ccccc1)CC(C)C. The maximum atomic E-state index is 13.3. The zero-order chi connectivity index (χ0) is 24.4. The van der Waals surface area contributed by atoms with E-state index >= 15 is 0 Å². The van der Waals surface area contributed by atoms with Crippen molar-refractivity contribution in [1.29, 1.82) is 0 Å². The van der Waals surface area contributed by atoms with Crippen molar-refractivity contribution in [1.82, 2.24) is 5.32 Å². The molecule has 0 saturated carbocycles. The Morgan fingerprint density at radius 3 is 2.00 bits per heavy atom. The van der Waals surface area contributed by atoms with Gasteiger partial charge in [-0.3, -0.25) is 14.4 Å². The van der Waals surface area contributed by atoms with Crippen LogP contribution in [-0.2, 0) is 25.5 Å². The van der Waals surface area contributed by atoms with Crippen molar-refractivity contribution in [3.05, 3.63) is 71.8 Å². The van der Waals surface area contributed by atoms with Gasteiger partial charge in [-0.1, -0.05) is 88.4 Å². The van der Waals surface area contributed by atoms with Crippen molar-refractivity contribution >= 4 is 17.7 Å². The van der Waals surface area contributed by atoms with Gasteiger partial charge >= 0.3 is 5.97 Å². The number of carbonyl (C=O) groups excluding carboxylic acids is 3. The van der Waals surface area contributed by atoms with E-state index < -0.39 is 12.0 Å². The Labute approximate surface area is 197 Å². The second kappa shape index (κ2) is 12.9. The van der Waals surface area contributed by atoms with Crippen molar-refractivity contribution in [3.8, 4) is 0 Å². The fraction of sp³-hybridized carbons (Fsp3) is 0.464. The van der Waals surface area contributed by atoms with Gasteiger partial charge in [-0.15, -0.1) is 0 Å². The number of nitrogens with one attached hydrogen (secondary N) is 1. The molecule has 33 heavy (non-hydrogen) atoms. The Bertz CT molecular complexity index is 895. The highest BCUT2D eigenvalue weighted by atomic mass is 16.5. The van der Waals surface area contributed by atoms with Gasteiger partial charge in [-0.25, -0.2) is 0 Å². The summed E-state index contributed by atoms with van der Waals surface area (Å²) in [6.07, 6.45) is 0.991. The molecule has 0 fully saturated rings. The highest BCUT2D eigenvalue weighted by Gasteiger charge is 2.31. The third-order valence-electron chi connectivity index (χ3n) is 6.21. The smallest absolute Gasteiger partial charge is 0.309 e. The molecular weight excluding hydrogens is 414 g/mol. The third kappa shape index (κ3) is 8.16.